The quantitative estimate of drug-likeness (QED) is 0.0459. The number of nitrogens with zero attached hydrogens (tertiary/aromatic N) is 4. The molecular weight excluding hydrogens is 626 g/mol. The number of nitrogens with one attached hydrogen (secondary N) is 3. The Labute approximate surface area is 258 Å². The SMILES string of the molecule is CNCCNc1c[n+](CC2=C(C(=O)[O-])N3C(=O)C(NC(=O)/C(=N\O[C@@H](C)C(=O)O)c4nc(N)sc4Cl)C3SC2)ccc1N. The van der Waals surface area contributed by atoms with Crippen molar-refractivity contribution in [1.29, 1.82) is 0 Å². The van der Waals surface area contributed by atoms with Crippen molar-refractivity contribution in [2.45, 2.75) is 31.0 Å². The number of thioether (sulfide) groups is 1. The number of aromatic nitrogens is 2. The molecule has 2 amide bonds. The third kappa shape index (κ3) is 6.93. The number of halogens is 1. The lowest BCUT2D eigenvalue weighted by atomic mass is 10.0. The molecule has 19 heteroatoms. The van der Waals surface area contributed by atoms with E-state index in [-0.39, 0.29) is 33.2 Å². The van der Waals surface area contributed by atoms with E-state index in [0.29, 0.717) is 30.0 Å². The molecule has 3 atom stereocenters. The number of nitrogen functional groups attached to an aromatic ring is 2. The Morgan fingerprint density at radius 2 is 2.12 bits per heavy atom. The van der Waals surface area contributed by atoms with Gasteiger partial charge < -0.3 is 47.3 Å². The van der Waals surface area contributed by atoms with E-state index in [4.69, 9.17) is 33.0 Å². The Hall–Kier alpha value is -4.13. The molecule has 0 aliphatic carbocycles. The van der Waals surface area contributed by atoms with Crippen LogP contribution in [0, 0.1) is 0 Å². The molecule has 16 nitrogen and oxygen atoms in total. The fourth-order valence-corrected chi connectivity index (χ4v) is 6.44. The third-order valence-corrected chi connectivity index (χ3v) is 8.76. The molecule has 4 heterocycles. The van der Waals surface area contributed by atoms with Crippen LogP contribution in [-0.4, -0.2) is 87.9 Å². The number of hydrogen-bond donors (Lipinski definition) is 6. The fraction of sp³-hybridized carbons (Fsp3) is 0.375. The minimum Gasteiger partial charge on any atom is -0.543 e. The van der Waals surface area contributed by atoms with E-state index in [1.165, 1.54) is 18.7 Å². The summed E-state index contributed by atoms with van der Waals surface area (Å²) >= 11 is 8.24. The average Bonchev–Trinajstić information content (AvgIpc) is 3.29. The molecule has 8 N–H and O–H groups in total. The molecule has 0 aromatic carbocycles. The molecule has 0 saturated carbocycles. The van der Waals surface area contributed by atoms with E-state index in [2.05, 4.69) is 26.1 Å². The number of fused-ring (bicyclic) bond motifs is 1. The molecule has 2 aromatic rings. The molecule has 0 radical (unpaired) electrons. The number of nitrogens with two attached hydrogens (primary N) is 2. The standard InChI is InChI=1S/C24H28ClN9O7S2/c1-10(22(37)38)41-32-15(14-18(25)43-24(27)31-14)19(35)30-16-20(36)34-17(23(39)40)11(9-42-21(16)34)7-33-6-3-12(26)13(8-33)29-5-4-28-2/h3,6,8,10,16,21,26,28-29H,4-5,7,9H2,1-2H3,(H5,27,30,31,35,37,38,39,40)/b32-15-/t10-,16?,21?/m0/s1. The predicted molar refractivity (Wildman–Crippen MR) is 157 cm³/mol. The second kappa shape index (κ2) is 13.4. The maximum absolute atomic E-state index is 13.2. The number of pyridine rings is 1. The van der Waals surface area contributed by atoms with Crippen LogP contribution < -0.4 is 37.1 Å². The van der Waals surface area contributed by atoms with Gasteiger partial charge in [-0.05, 0) is 14.0 Å². The fourth-order valence-electron chi connectivity index (χ4n) is 4.17. The lowest BCUT2D eigenvalue weighted by Gasteiger charge is -2.50. The number of amides is 2. The first-order chi connectivity index (χ1) is 20.4. The highest BCUT2D eigenvalue weighted by Gasteiger charge is 2.53. The van der Waals surface area contributed by atoms with Gasteiger partial charge in [-0.15, -0.1) is 11.8 Å². The van der Waals surface area contributed by atoms with Gasteiger partial charge in [0.25, 0.3) is 11.8 Å². The Morgan fingerprint density at radius 3 is 2.74 bits per heavy atom. The number of β-lactam (4-membered cyclic amide) rings is 1. The Balaban J connectivity index is 1.54. The van der Waals surface area contributed by atoms with Crippen molar-refractivity contribution in [3.63, 3.8) is 0 Å². The number of carbonyl (C=O) groups is 4. The van der Waals surface area contributed by atoms with E-state index in [0.717, 1.165) is 16.2 Å². The molecule has 1 saturated heterocycles. The van der Waals surface area contributed by atoms with Crippen LogP contribution in [-0.2, 0) is 30.6 Å². The van der Waals surface area contributed by atoms with Crippen LogP contribution in [0.4, 0.5) is 16.5 Å². The van der Waals surface area contributed by atoms with E-state index >= 15 is 0 Å². The lowest BCUT2D eigenvalue weighted by Crippen LogP contribution is -2.71. The summed E-state index contributed by atoms with van der Waals surface area (Å²) in [6.45, 7) is 2.65. The molecule has 2 aliphatic rings. The van der Waals surface area contributed by atoms with Crippen LogP contribution in [0.1, 0.15) is 12.6 Å². The molecule has 230 valence electrons. The van der Waals surface area contributed by atoms with Gasteiger partial charge in [0.05, 0.1) is 17.4 Å². The molecule has 1 fully saturated rings. The van der Waals surface area contributed by atoms with E-state index < -0.39 is 47.0 Å². The van der Waals surface area contributed by atoms with Crippen molar-refractivity contribution in [2.24, 2.45) is 5.16 Å². The largest absolute Gasteiger partial charge is 0.543 e. The number of aliphatic carboxylic acids is 2. The molecule has 2 unspecified atom stereocenters. The topological polar surface area (TPSA) is 241 Å². The smallest absolute Gasteiger partial charge is 0.347 e. The van der Waals surface area contributed by atoms with Gasteiger partial charge >= 0.3 is 5.97 Å². The van der Waals surface area contributed by atoms with Crippen molar-refractivity contribution in [3.05, 3.63) is 39.8 Å². The summed E-state index contributed by atoms with van der Waals surface area (Å²) in [6.07, 6.45) is 2.02. The number of carboxylic acids is 2. The first kappa shape index (κ1) is 31.8. The van der Waals surface area contributed by atoms with Crippen LogP contribution in [0.2, 0.25) is 4.34 Å². The Bertz CT molecular complexity index is 1520. The number of rotatable bonds is 13. The zero-order valence-corrected chi connectivity index (χ0v) is 25.2. The van der Waals surface area contributed by atoms with Crippen LogP contribution in [0.15, 0.2) is 34.9 Å². The zero-order chi connectivity index (χ0) is 31.4. The first-order valence-corrected chi connectivity index (χ1v) is 14.9. The number of likely N-dealkylation sites (N-methyl/N-ethyl adjacent to an activating group) is 1. The van der Waals surface area contributed by atoms with Crippen molar-refractivity contribution in [3.8, 4) is 0 Å². The zero-order valence-electron chi connectivity index (χ0n) is 22.8. The third-order valence-electron chi connectivity index (χ3n) is 6.33. The molecule has 2 aromatic heterocycles. The second-order valence-corrected chi connectivity index (χ2v) is 12.1. The summed E-state index contributed by atoms with van der Waals surface area (Å²) in [5.74, 6) is -4.30. The van der Waals surface area contributed by atoms with E-state index in [9.17, 15) is 24.3 Å². The normalized spacial score (nSPS) is 18.9. The highest BCUT2D eigenvalue weighted by atomic mass is 35.5. The van der Waals surface area contributed by atoms with Gasteiger partial charge in [-0.3, -0.25) is 14.5 Å². The van der Waals surface area contributed by atoms with Crippen molar-refractivity contribution < 1.29 is 38.8 Å². The Morgan fingerprint density at radius 1 is 1.37 bits per heavy atom. The van der Waals surface area contributed by atoms with E-state index in [1.54, 1.807) is 23.0 Å². The maximum Gasteiger partial charge on any atom is 0.347 e. The van der Waals surface area contributed by atoms with Crippen LogP contribution in [0.3, 0.4) is 0 Å². The van der Waals surface area contributed by atoms with Gasteiger partial charge in [0, 0.05) is 30.5 Å². The summed E-state index contributed by atoms with van der Waals surface area (Å²) < 4.78 is 1.73. The summed E-state index contributed by atoms with van der Waals surface area (Å²) in [4.78, 5) is 59.8. The van der Waals surface area contributed by atoms with Crippen molar-refractivity contribution >= 4 is 80.7 Å². The monoisotopic (exact) mass is 653 g/mol. The summed E-state index contributed by atoms with van der Waals surface area (Å²) in [7, 11) is 1.82. The van der Waals surface area contributed by atoms with Crippen molar-refractivity contribution in [1.82, 2.24) is 20.5 Å². The molecule has 2 aliphatic heterocycles. The minimum atomic E-state index is -1.54. The number of oxime groups is 1. The summed E-state index contributed by atoms with van der Waals surface area (Å²) in [5, 5.41) is 32.9. The molecule has 0 bridgehead atoms. The average molecular weight is 654 g/mol. The highest BCUT2D eigenvalue weighted by Crippen LogP contribution is 2.40. The first-order valence-electron chi connectivity index (χ1n) is 12.7. The molecule has 0 spiro atoms. The number of carboxylic acid groups (broad SMARTS) is 2. The van der Waals surface area contributed by atoms with E-state index in [1.807, 2.05) is 7.05 Å². The lowest BCUT2D eigenvalue weighted by molar-refractivity contribution is -0.688. The van der Waals surface area contributed by atoms with Gasteiger partial charge in [-0.25, -0.2) is 9.78 Å². The highest BCUT2D eigenvalue weighted by molar-refractivity contribution is 8.00. The number of anilines is 3. The van der Waals surface area contributed by atoms with Gasteiger partial charge in [0.15, 0.2) is 29.8 Å². The summed E-state index contributed by atoms with van der Waals surface area (Å²) in [6, 6.07) is 0.542. The number of carbonyl (C=O) groups excluding carboxylic acids is 3. The summed E-state index contributed by atoms with van der Waals surface area (Å²) in [5.41, 5.74) is 12.4. The molecule has 43 heavy (non-hydrogen) atoms. The van der Waals surface area contributed by atoms with Crippen molar-refractivity contribution in [2.75, 3.05) is 42.7 Å². The number of thiazole rings is 1. The van der Waals surface area contributed by atoms with Crippen LogP contribution in [0.5, 0.6) is 0 Å². The molecule has 4 rings (SSSR count). The Kier molecular flexibility index (Phi) is 9.95. The minimum absolute atomic E-state index is 0.0108. The second-order valence-electron chi connectivity index (χ2n) is 9.32. The molecular formula is C24H28ClN9O7S2. The van der Waals surface area contributed by atoms with Gasteiger partial charge in [-0.2, -0.15) is 4.57 Å². The van der Waals surface area contributed by atoms with Crippen LogP contribution in [0.25, 0.3) is 0 Å². The van der Waals surface area contributed by atoms with Gasteiger partial charge in [0.2, 0.25) is 6.10 Å². The van der Waals surface area contributed by atoms with Gasteiger partial charge in [0.1, 0.15) is 27.1 Å². The maximum atomic E-state index is 13.2. The predicted octanol–water partition coefficient (Wildman–Crippen LogP) is -1.82. The number of hydrogen-bond acceptors (Lipinski definition) is 14. The van der Waals surface area contributed by atoms with Crippen LogP contribution >= 0.6 is 34.7 Å². The van der Waals surface area contributed by atoms with Gasteiger partial charge in [-0.1, -0.05) is 28.1 Å².